The molecule has 138 valence electrons. The van der Waals surface area contributed by atoms with E-state index in [2.05, 4.69) is 24.0 Å². The number of fused-ring (bicyclic) bond motifs is 2. The van der Waals surface area contributed by atoms with Gasteiger partial charge in [0.1, 0.15) is 17.0 Å². The molecule has 0 fully saturated rings. The molecule has 0 atom stereocenters. The zero-order valence-electron chi connectivity index (χ0n) is 15.5. The normalized spacial score (nSPS) is 12.0. The summed E-state index contributed by atoms with van der Waals surface area (Å²) in [5.74, 6) is 1.43. The fourth-order valence-electron chi connectivity index (χ4n) is 3.02. The van der Waals surface area contributed by atoms with Crippen molar-refractivity contribution in [1.29, 1.82) is 0 Å². The zero-order valence-corrected chi connectivity index (χ0v) is 15.5. The van der Waals surface area contributed by atoms with Gasteiger partial charge in [-0.2, -0.15) is 0 Å². The van der Waals surface area contributed by atoms with Crippen LogP contribution < -0.4 is 4.74 Å². The number of rotatable bonds is 6. The van der Waals surface area contributed by atoms with Crippen molar-refractivity contribution in [3.63, 3.8) is 0 Å². The lowest BCUT2D eigenvalue weighted by Gasteiger charge is -2.24. The summed E-state index contributed by atoms with van der Waals surface area (Å²) in [6.45, 7) is 4.81. The Labute approximate surface area is 157 Å². The van der Waals surface area contributed by atoms with E-state index in [0.29, 0.717) is 18.9 Å². The molecule has 4 rings (SSSR count). The van der Waals surface area contributed by atoms with E-state index in [-0.39, 0.29) is 12.0 Å². The van der Waals surface area contributed by atoms with Crippen LogP contribution in [0.3, 0.4) is 0 Å². The van der Waals surface area contributed by atoms with Gasteiger partial charge in [-0.05, 0) is 30.7 Å². The molecule has 6 nitrogen and oxygen atoms in total. The van der Waals surface area contributed by atoms with Gasteiger partial charge in [0, 0.05) is 23.6 Å². The number of aromatic nitrogens is 4. The standard InChI is InChI=1S/C21H22N4O2/c1-21(2,11-13-26)14-27-17-7-5-6-15-9-10-16(22-19(15)17)20-24-23-18-8-3-4-12-25(18)20/h3-10,12,26H,11,13-14H2,1-2H3. The van der Waals surface area contributed by atoms with Gasteiger partial charge in [0.25, 0.3) is 0 Å². The van der Waals surface area contributed by atoms with E-state index in [1.54, 1.807) is 0 Å². The molecule has 6 heteroatoms. The minimum Gasteiger partial charge on any atom is -0.491 e. The molecule has 0 amide bonds. The summed E-state index contributed by atoms with van der Waals surface area (Å²) in [5, 5.41) is 18.7. The molecular formula is C21H22N4O2. The number of benzene rings is 1. The number of aliphatic hydroxyl groups is 1. The summed E-state index contributed by atoms with van der Waals surface area (Å²) >= 11 is 0. The van der Waals surface area contributed by atoms with Crippen molar-refractivity contribution in [3.05, 3.63) is 54.7 Å². The van der Waals surface area contributed by atoms with E-state index in [0.717, 1.165) is 28.0 Å². The Bertz CT molecular complexity index is 1090. The van der Waals surface area contributed by atoms with E-state index < -0.39 is 0 Å². The van der Waals surface area contributed by atoms with Crippen LogP contribution in [0.5, 0.6) is 5.75 Å². The van der Waals surface area contributed by atoms with Gasteiger partial charge in [0.15, 0.2) is 11.5 Å². The Hall–Kier alpha value is -2.99. The lowest BCUT2D eigenvalue weighted by molar-refractivity contribution is 0.138. The molecule has 3 aromatic heterocycles. The molecule has 0 unspecified atom stereocenters. The van der Waals surface area contributed by atoms with Crippen molar-refractivity contribution in [2.75, 3.05) is 13.2 Å². The number of ether oxygens (including phenoxy) is 1. The third kappa shape index (κ3) is 3.48. The van der Waals surface area contributed by atoms with E-state index in [4.69, 9.17) is 9.72 Å². The fraction of sp³-hybridized carbons (Fsp3) is 0.286. The van der Waals surface area contributed by atoms with Gasteiger partial charge in [0.05, 0.1) is 6.61 Å². The van der Waals surface area contributed by atoms with E-state index in [1.165, 1.54) is 0 Å². The first-order valence-corrected chi connectivity index (χ1v) is 9.01. The molecule has 0 bridgehead atoms. The molecule has 0 saturated carbocycles. The Morgan fingerprint density at radius 1 is 1.04 bits per heavy atom. The molecular weight excluding hydrogens is 340 g/mol. The van der Waals surface area contributed by atoms with Gasteiger partial charge >= 0.3 is 0 Å². The fourth-order valence-corrected chi connectivity index (χ4v) is 3.02. The van der Waals surface area contributed by atoms with Gasteiger partial charge in [0.2, 0.25) is 0 Å². The van der Waals surface area contributed by atoms with Crippen LogP contribution in [0, 0.1) is 5.41 Å². The average molecular weight is 362 g/mol. The predicted octanol–water partition coefficient (Wildman–Crippen LogP) is 3.73. The highest BCUT2D eigenvalue weighted by Crippen LogP contribution is 2.29. The summed E-state index contributed by atoms with van der Waals surface area (Å²) in [5.41, 5.74) is 2.21. The molecule has 0 aliphatic rings. The topological polar surface area (TPSA) is 72.5 Å². The number of pyridine rings is 2. The summed E-state index contributed by atoms with van der Waals surface area (Å²) in [7, 11) is 0. The first-order chi connectivity index (χ1) is 13.1. The second kappa shape index (κ2) is 6.96. The van der Waals surface area contributed by atoms with Crippen LogP contribution >= 0.6 is 0 Å². The van der Waals surface area contributed by atoms with Gasteiger partial charge in [-0.25, -0.2) is 4.98 Å². The molecule has 1 aromatic carbocycles. The number of hydrogen-bond donors (Lipinski definition) is 1. The molecule has 27 heavy (non-hydrogen) atoms. The quantitative estimate of drug-likeness (QED) is 0.566. The summed E-state index contributed by atoms with van der Waals surface area (Å²) < 4.78 is 8.00. The predicted molar refractivity (Wildman–Crippen MR) is 105 cm³/mol. The first-order valence-electron chi connectivity index (χ1n) is 9.01. The number of nitrogens with zero attached hydrogens (tertiary/aromatic N) is 4. The van der Waals surface area contributed by atoms with Crippen molar-refractivity contribution in [2.24, 2.45) is 5.41 Å². The second-order valence-electron chi connectivity index (χ2n) is 7.40. The van der Waals surface area contributed by atoms with Crippen LogP contribution in [0.25, 0.3) is 28.1 Å². The minimum atomic E-state index is -0.113. The molecule has 0 spiro atoms. The van der Waals surface area contributed by atoms with Crippen LogP contribution in [0.1, 0.15) is 20.3 Å². The van der Waals surface area contributed by atoms with E-state index in [9.17, 15) is 5.11 Å². The summed E-state index contributed by atoms with van der Waals surface area (Å²) in [4.78, 5) is 4.82. The molecule has 0 aliphatic carbocycles. The second-order valence-corrected chi connectivity index (χ2v) is 7.40. The SMILES string of the molecule is CC(C)(CCO)COc1cccc2ccc(-c3nnc4ccccn34)nc12. The molecule has 0 radical (unpaired) electrons. The van der Waals surface area contributed by atoms with E-state index >= 15 is 0 Å². The molecule has 0 aliphatic heterocycles. The van der Waals surface area contributed by atoms with E-state index in [1.807, 2.05) is 59.1 Å². The highest BCUT2D eigenvalue weighted by molar-refractivity contribution is 5.86. The minimum absolute atomic E-state index is 0.113. The Morgan fingerprint density at radius 2 is 1.93 bits per heavy atom. The van der Waals surface area contributed by atoms with Gasteiger partial charge in [-0.15, -0.1) is 10.2 Å². The van der Waals surface area contributed by atoms with Crippen molar-refractivity contribution in [2.45, 2.75) is 20.3 Å². The monoisotopic (exact) mass is 362 g/mol. The highest BCUT2D eigenvalue weighted by Gasteiger charge is 2.19. The first kappa shape index (κ1) is 17.4. The average Bonchev–Trinajstić information content (AvgIpc) is 3.10. The lowest BCUT2D eigenvalue weighted by atomic mass is 9.91. The van der Waals surface area contributed by atoms with Crippen LogP contribution in [-0.4, -0.2) is 37.9 Å². The van der Waals surface area contributed by atoms with Gasteiger partial charge in [-0.1, -0.05) is 38.1 Å². The molecule has 0 saturated heterocycles. The van der Waals surface area contributed by atoms with Crippen molar-refractivity contribution in [3.8, 4) is 17.3 Å². The van der Waals surface area contributed by atoms with Gasteiger partial charge < -0.3 is 9.84 Å². The Kier molecular flexibility index (Phi) is 4.49. The van der Waals surface area contributed by atoms with Crippen molar-refractivity contribution >= 4 is 16.6 Å². The maximum atomic E-state index is 9.22. The maximum absolute atomic E-state index is 9.22. The third-order valence-corrected chi connectivity index (χ3v) is 4.63. The van der Waals surface area contributed by atoms with Crippen LogP contribution in [-0.2, 0) is 0 Å². The highest BCUT2D eigenvalue weighted by atomic mass is 16.5. The van der Waals surface area contributed by atoms with Crippen molar-refractivity contribution < 1.29 is 9.84 Å². The third-order valence-electron chi connectivity index (χ3n) is 4.63. The lowest BCUT2D eigenvalue weighted by Crippen LogP contribution is -2.22. The van der Waals surface area contributed by atoms with Crippen molar-refractivity contribution in [1.82, 2.24) is 19.6 Å². The summed E-state index contributed by atoms with van der Waals surface area (Å²) in [6.07, 6.45) is 2.61. The van der Waals surface area contributed by atoms with Crippen LogP contribution in [0.4, 0.5) is 0 Å². The number of hydrogen-bond acceptors (Lipinski definition) is 5. The van der Waals surface area contributed by atoms with Gasteiger partial charge in [-0.3, -0.25) is 4.40 Å². The summed E-state index contributed by atoms with van der Waals surface area (Å²) in [6, 6.07) is 15.7. The molecule has 1 N–H and O–H groups in total. The smallest absolute Gasteiger partial charge is 0.187 e. The number of aliphatic hydroxyl groups excluding tert-OH is 1. The van der Waals surface area contributed by atoms with Crippen LogP contribution in [0.2, 0.25) is 0 Å². The van der Waals surface area contributed by atoms with Crippen LogP contribution in [0.15, 0.2) is 54.7 Å². The molecule has 3 heterocycles. The zero-order chi connectivity index (χ0) is 18.9. The largest absolute Gasteiger partial charge is 0.491 e. The number of para-hydroxylation sites is 1. The Morgan fingerprint density at radius 3 is 2.78 bits per heavy atom. The molecule has 4 aromatic rings. The Balaban J connectivity index is 1.73. The maximum Gasteiger partial charge on any atom is 0.187 e.